The Kier molecular flexibility index (Phi) is 3.03. The third-order valence-corrected chi connectivity index (χ3v) is 4.04. The lowest BCUT2D eigenvalue weighted by Crippen LogP contribution is -2.12. The van der Waals surface area contributed by atoms with Crippen LogP contribution in [0, 0.1) is 5.92 Å². The second-order valence-corrected chi connectivity index (χ2v) is 5.63. The largest absolute Gasteiger partial charge is 0.378 e. The van der Waals surface area contributed by atoms with Gasteiger partial charge in [0.2, 0.25) is 0 Å². The molecule has 104 valence electrons. The van der Waals surface area contributed by atoms with Gasteiger partial charge in [-0.15, -0.1) is 0 Å². The van der Waals surface area contributed by atoms with Crippen molar-refractivity contribution >= 4 is 16.7 Å². The number of hydrogen-bond donors (Lipinski definition) is 1. The van der Waals surface area contributed by atoms with E-state index in [0.29, 0.717) is 6.04 Å². The number of aromatic nitrogens is 2. The Hall–Kier alpha value is -2.42. The number of rotatable bonds is 4. The normalized spacial score (nSPS) is 15.8. The summed E-state index contributed by atoms with van der Waals surface area (Å²) in [7, 11) is 0. The first-order valence-corrected chi connectivity index (χ1v) is 7.42. The van der Waals surface area contributed by atoms with Crippen molar-refractivity contribution < 1.29 is 0 Å². The van der Waals surface area contributed by atoms with Crippen LogP contribution in [0.3, 0.4) is 0 Å². The van der Waals surface area contributed by atoms with Crippen LogP contribution < -0.4 is 5.32 Å². The minimum atomic E-state index is 0.389. The Labute approximate surface area is 124 Å². The fraction of sp³-hybridized carbons (Fsp3) is 0.222. The van der Waals surface area contributed by atoms with Gasteiger partial charge in [-0.2, -0.15) is 0 Å². The highest BCUT2D eigenvalue weighted by Gasteiger charge is 2.32. The van der Waals surface area contributed by atoms with Gasteiger partial charge < -0.3 is 5.32 Å². The molecule has 0 aliphatic heterocycles. The average Bonchev–Trinajstić information content (AvgIpc) is 3.38. The smallest absolute Gasteiger partial charge is 0.0907 e. The Bertz CT molecular complexity index is 751. The molecule has 21 heavy (non-hydrogen) atoms. The summed E-state index contributed by atoms with van der Waals surface area (Å²) >= 11 is 0. The molecule has 1 heterocycles. The van der Waals surface area contributed by atoms with Crippen LogP contribution in [0.5, 0.6) is 0 Å². The molecule has 3 nitrogen and oxygen atoms in total. The Morgan fingerprint density at radius 2 is 1.67 bits per heavy atom. The third-order valence-electron chi connectivity index (χ3n) is 4.04. The van der Waals surface area contributed by atoms with Crippen LogP contribution in [0.4, 0.5) is 5.69 Å². The Morgan fingerprint density at radius 1 is 0.905 bits per heavy atom. The molecule has 0 bridgehead atoms. The third kappa shape index (κ3) is 2.59. The van der Waals surface area contributed by atoms with Crippen molar-refractivity contribution in [3.63, 3.8) is 0 Å². The number of anilines is 1. The van der Waals surface area contributed by atoms with Crippen molar-refractivity contribution in [3.05, 3.63) is 66.5 Å². The van der Waals surface area contributed by atoms with Gasteiger partial charge in [0.1, 0.15) is 0 Å². The minimum absolute atomic E-state index is 0.389. The van der Waals surface area contributed by atoms with E-state index in [0.717, 1.165) is 22.6 Å². The van der Waals surface area contributed by atoms with Crippen molar-refractivity contribution in [1.82, 2.24) is 9.97 Å². The van der Waals surface area contributed by atoms with E-state index in [2.05, 4.69) is 57.7 Å². The van der Waals surface area contributed by atoms with Crippen LogP contribution in [0.2, 0.25) is 0 Å². The minimum Gasteiger partial charge on any atom is -0.378 e. The van der Waals surface area contributed by atoms with Gasteiger partial charge >= 0.3 is 0 Å². The zero-order chi connectivity index (χ0) is 14.1. The van der Waals surface area contributed by atoms with Gasteiger partial charge in [-0.05, 0) is 42.5 Å². The molecule has 0 amide bonds. The summed E-state index contributed by atoms with van der Waals surface area (Å²) in [5.41, 5.74) is 4.35. The lowest BCUT2D eigenvalue weighted by Gasteiger charge is -2.20. The molecule has 2 aromatic carbocycles. The van der Waals surface area contributed by atoms with Gasteiger partial charge in [-0.1, -0.05) is 30.3 Å². The number of benzene rings is 2. The van der Waals surface area contributed by atoms with Crippen molar-refractivity contribution in [2.45, 2.75) is 18.9 Å². The van der Waals surface area contributed by atoms with E-state index in [1.54, 1.807) is 12.4 Å². The molecule has 1 unspecified atom stereocenters. The first kappa shape index (κ1) is 12.3. The Balaban J connectivity index is 1.65. The molecule has 1 fully saturated rings. The van der Waals surface area contributed by atoms with Crippen molar-refractivity contribution in [1.29, 1.82) is 0 Å². The molecule has 0 radical (unpaired) electrons. The molecule has 4 rings (SSSR count). The van der Waals surface area contributed by atoms with Crippen LogP contribution in [-0.2, 0) is 0 Å². The predicted molar refractivity (Wildman–Crippen MR) is 85.1 cm³/mol. The lowest BCUT2D eigenvalue weighted by atomic mass is 10.0. The van der Waals surface area contributed by atoms with Gasteiger partial charge in [0.05, 0.1) is 17.1 Å². The average molecular weight is 275 g/mol. The summed E-state index contributed by atoms with van der Waals surface area (Å²) in [6.45, 7) is 0. The maximum absolute atomic E-state index is 4.38. The van der Waals surface area contributed by atoms with Crippen LogP contribution in [0.15, 0.2) is 60.9 Å². The van der Waals surface area contributed by atoms with E-state index in [1.165, 1.54) is 18.4 Å². The van der Waals surface area contributed by atoms with E-state index in [-0.39, 0.29) is 0 Å². The summed E-state index contributed by atoms with van der Waals surface area (Å²) in [4.78, 5) is 8.70. The zero-order valence-electron chi connectivity index (χ0n) is 11.7. The van der Waals surface area contributed by atoms with E-state index in [4.69, 9.17) is 0 Å². The zero-order valence-corrected chi connectivity index (χ0v) is 11.7. The van der Waals surface area contributed by atoms with E-state index >= 15 is 0 Å². The Morgan fingerprint density at radius 3 is 2.43 bits per heavy atom. The van der Waals surface area contributed by atoms with Crippen LogP contribution in [-0.4, -0.2) is 9.97 Å². The van der Waals surface area contributed by atoms with Gasteiger partial charge in [0.25, 0.3) is 0 Å². The van der Waals surface area contributed by atoms with Crippen molar-refractivity contribution in [2.75, 3.05) is 5.32 Å². The van der Waals surface area contributed by atoms with Crippen LogP contribution >= 0.6 is 0 Å². The summed E-state index contributed by atoms with van der Waals surface area (Å²) in [6.07, 6.45) is 6.08. The molecule has 1 aliphatic rings. The number of fused-ring (bicyclic) bond motifs is 1. The number of nitrogens with one attached hydrogen (secondary N) is 1. The van der Waals surface area contributed by atoms with Crippen molar-refractivity contribution in [3.8, 4) is 0 Å². The van der Waals surface area contributed by atoms with E-state index in [1.807, 2.05) is 6.07 Å². The second-order valence-electron chi connectivity index (χ2n) is 5.63. The molecule has 1 saturated carbocycles. The molecular formula is C18H17N3. The highest BCUT2D eigenvalue weighted by Crippen LogP contribution is 2.42. The van der Waals surface area contributed by atoms with Crippen molar-refractivity contribution in [2.24, 2.45) is 5.92 Å². The molecule has 3 aromatic rings. The quantitative estimate of drug-likeness (QED) is 0.775. The molecule has 1 aromatic heterocycles. The molecule has 0 saturated heterocycles. The summed E-state index contributed by atoms with van der Waals surface area (Å²) in [5, 5.41) is 3.68. The highest BCUT2D eigenvalue weighted by molar-refractivity contribution is 5.78. The number of nitrogens with zero attached hydrogens (tertiary/aromatic N) is 2. The maximum atomic E-state index is 4.38. The lowest BCUT2D eigenvalue weighted by molar-refractivity contribution is 0.679. The molecule has 1 aliphatic carbocycles. The summed E-state index contributed by atoms with van der Waals surface area (Å²) in [6, 6.07) is 17.3. The predicted octanol–water partition coefficient (Wildman–Crippen LogP) is 4.19. The van der Waals surface area contributed by atoms with E-state index in [9.17, 15) is 0 Å². The number of hydrogen-bond acceptors (Lipinski definition) is 3. The standard InChI is InChI=1S/C18H17N3/c1-2-4-13(5-3-1)18(14-6-7-14)21-15-8-9-16-17(12-15)20-11-10-19-16/h1-5,8-12,14,18,21H,6-7H2. The van der Waals surface area contributed by atoms with Crippen LogP contribution in [0.1, 0.15) is 24.4 Å². The molecule has 1 atom stereocenters. The summed E-state index contributed by atoms with van der Waals surface area (Å²) in [5.74, 6) is 0.741. The monoisotopic (exact) mass is 275 g/mol. The van der Waals surface area contributed by atoms with Gasteiger partial charge in [0.15, 0.2) is 0 Å². The highest BCUT2D eigenvalue weighted by atomic mass is 14.9. The van der Waals surface area contributed by atoms with Gasteiger partial charge in [-0.3, -0.25) is 9.97 Å². The fourth-order valence-corrected chi connectivity index (χ4v) is 2.80. The topological polar surface area (TPSA) is 37.8 Å². The second kappa shape index (κ2) is 5.17. The molecule has 3 heteroatoms. The maximum Gasteiger partial charge on any atom is 0.0907 e. The molecular weight excluding hydrogens is 258 g/mol. The first-order valence-electron chi connectivity index (χ1n) is 7.42. The fourth-order valence-electron chi connectivity index (χ4n) is 2.80. The molecule has 1 N–H and O–H groups in total. The van der Waals surface area contributed by atoms with E-state index < -0.39 is 0 Å². The van der Waals surface area contributed by atoms with Crippen LogP contribution in [0.25, 0.3) is 11.0 Å². The van der Waals surface area contributed by atoms with Gasteiger partial charge in [-0.25, -0.2) is 0 Å². The summed E-state index contributed by atoms with van der Waals surface area (Å²) < 4.78 is 0. The molecule has 0 spiro atoms. The van der Waals surface area contributed by atoms with Gasteiger partial charge in [0, 0.05) is 18.1 Å². The first-order chi connectivity index (χ1) is 10.4. The SMILES string of the molecule is c1ccc(C(Nc2ccc3nccnc3c2)C2CC2)cc1.